The summed E-state index contributed by atoms with van der Waals surface area (Å²) < 4.78 is 9.90. The number of hydrazine groups is 1. The van der Waals surface area contributed by atoms with Gasteiger partial charge in [-0.25, -0.2) is 14.8 Å². The molecule has 0 saturated carbocycles. The fraction of sp³-hybridized carbons (Fsp3) is 0.306. The molecule has 5 N–H and O–H groups in total. The Bertz CT molecular complexity index is 2250. The summed E-state index contributed by atoms with van der Waals surface area (Å²) in [4.78, 5) is 37.0. The van der Waals surface area contributed by atoms with Crippen LogP contribution in [0.2, 0.25) is 10.0 Å². The summed E-state index contributed by atoms with van der Waals surface area (Å²) in [6.07, 6.45) is 4.04. The Hall–Kier alpha value is -4.91. The van der Waals surface area contributed by atoms with Crippen molar-refractivity contribution in [3.05, 3.63) is 86.0 Å². The molecule has 0 spiro atoms. The van der Waals surface area contributed by atoms with Gasteiger partial charge in [-0.15, -0.1) is 0 Å². The summed E-state index contributed by atoms with van der Waals surface area (Å²) in [5.41, 5.74) is 9.55. The number of halogens is 2. The van der Waals surface area contributed by atoms with E-state index in [1.54, 1.807) is 42.6 Å². The van der Waals surface area contributed by atoms with E-state index in [-0.39, 0.29) is 29.9 Å². The van der Waals surface area contributed by atoms with Gasteiger partial charge in [-0.2, -0.15) is 0 Å². The van der Waals surface area contributed by atoms with E-state index in [0.717, 1.165) is 33.3 Å². The molecule has 1 amide bonds. The summed E-state index contributed by atoms with van der Waals surface area (Å²) in [6.45, 7) is 9.99. The van der Waals surface area contributed by atoms with Gasteiger partial charge in [-0.1, -0.05) is 29.3 Å². The van der Waals surface area contributed by atoms with Crippen LogP contribution in [0.1, 0.15) is 76.5 Å². The lowest BCUT2D eigenvalue weighted by atomic mass is 9.96. The van der Waals surface area contributed by atoms with Gasteiger partial charge < -0.3 is 34.7 Å². The maximum atomic E-state index is 14.8. The number of aromatic carboxylic acids is 1. The summed E-state index contributed by atoms with van der Waals surface area (Å²) in [5, 5.41) is 20.3. The minimum absolute atomic E-state index is 0.215. The third-order valence-electron chi connectivity index (χ3n) is 9.18. The molecule has 1 aliphatic heterocycles. The van der Waals surface area contributed by atoms with Gasteiger partial charge in [-0.05, 0) is 82.3 Å². The third kappa shape index (κ3) is 5.86. The zero-order chi connectivity index (χ0) is 36.2. The Labute approximate surface area is 298 Å². The molecule has 3 aromatic heterocycles. The van der Waals surface area contributed by atoms with Crippen molar-refractivity contribution in [3.8, 4) is 5.75 Å². The van der Waals surface area contributed by atoms with Gasteiger partial charge in [0.25, 0.3) is 5.91 Å². The second-order valence-corrected chi connectivity index (χ2v) is 13.5. The molecule has 12 nitrogen and oxygen atoms in total. The number of benzene rings is 2. The van der Waals surface area contributed by atoms with E-state index in [1.807, 2.05) is 43.5 Å². The molecule has 0 radical (unpaired) electrons. The van der Waals surface area contributed by atoms with Gasteiger partial charge in [0.15, 0.2) is 11.3 Å². The second-order valence-electron chi connectivity index (χ2n) is 12.7. The van der Waals surface area contributed by atoms with Gasteiger partial charge in [0.1, 0.15) is 17.0 Å². The van der Waals surface area contributed by atoms with Gasteiger partial charge in [0, 0.05) is 58.8 Å². The van der Waals surface area contributed by atoms with E-state index in [9.17, 15) is 14.7 Å². The Balaban J connectivity index is 1.51. The molecule has 1 atom stereocenters. The van der Waals surface area contributed by atoms with Crippen LogP contribution >= 0.6 is 23.2 Å². The van der Waals surface area contributed by atoms with Crippen LogP contribution in [0.15, 0.2) is 42.4 Å². The molecule has 1 aliphatic rings. The van der Waals surface area contributed by atoms with Crippen LogP contribution in [0.5, 0.6) is 5.75 Å². The minimum Gasteiger partial charge on any atom is -0.494 e. The fourth-order valence-corrected chi connectivity index (χ4v) is 7.31. The number of hydrogen-bond acceptors (Lipinski definition) is 8. The Morgan fingerprint density at radius 2 is 1.90 bits per heavy atom. The molecule has 6 rings (SSSR count). The molecular formula is C36H38Cl2N8O4. The maximum absolute atomic E-state index is 14.8. The van der Waals surface area contributed by atoms with Gasteiger partial charge >= 0.3 is 5.97 Å². The van der Waals surface area contributed by atoms with Crippen LogP contribution in [0.25, 0.3) is 27.6 Å². The molecule has 5 aromatic rings. The van der Waals surface area contributed by atoms with Crippen LogP contribution < -0.4 is 20.9 Å². The smallest absolute Gasteiger partial charge is 0.356 e. The van der Waals surface area contributed by atoms with Crippen molar-refractivity contribution < 1.29 is 19.4 Å². The minimum atomic E-state index is -1.21. The second kappa shape index (κ2) is 13.4. The number of nitrogens with one attached hydrogen (secondary N) is 2. The highest BCUT2D eigenvalue weighted by atomic mass is 35.5. The normalized spacial score (nSPS) is 15.0. The van der Waals surface area contributed by atoms with Gasteiger partial charge in [0.2, 0.25) is 0 Å². The first-order valence-electron chi connectivity index (χ1n) is 16.1. The molecule has 4 heterocycles. The molecule has 50 heavy (non-hydrogen) atoms. The van der Waals surface area contributed by atoms with E-state index >= 15 is 0 Å². The lowest BCUT2D eigenvalue weighted by molar-refractivity contribution is 0.0690. The van der Waals surface area contributed by atoms with Crippen LogP contribution in [-0.4, -0.2) is 54.9 Å². The van der Waals surface area contributed by atoms with E-state index < -0.39 is 5.97 Å². The predicted octanol–water partition coefficient (Wildman–Crippen LogP) is 7.01. The highest BCUT2D eigenvalue weighted by molar-refractivity contribution is 6.37. The van der Waals surface area contributed by atoms with Gasteiger partial charge in [-0.3, -0.25) is 10.6 Å². The monoisotopic (exact) mass is 716 g/mol. The SMILES string of the molecule is CC(=N)/C(=C(/C)NN)c1c(Cl)ccc2c(CCCOc3cc(C)c(Cl)c(C)c3)c3n(c12)[C@H](C)CN(c1cn(C)c2ncc(C(=O)O)nc12)C3=O. The Morgan fingerprint density at radius 3 is 2.54 bits per heavy atom. The highest BCUT2D eigenvalue weighted by Gasteiger charge is 2.38. The number of anilines is 1. The summed E-state index contributed by atoms with van der Waals surface area (Å²) >= 11 is 13.3. The quantitative estimate of drug-likeness (QED) is 0.0519. The molecule has 0 fully saturated rings. The zero-order valence-corrected chi connectivity index (χ0v) is 30.1. The molecule has 0 bridgehead atoms. The van der Waals surface area contributed by atoms with Crippen molar-refractivity contribution in [1.29, 1.82) is 5.41 Å². The van der Waals surface area contributed by atoms with Crippen molar-refractivity contribution in [2.45, 2.75) is 53.5 Å². The number of carbonyl (C=O) groups is 2. The average molecular weight is 718 g/mol. The molecular weight excluding hydrogens is 679 g/mol. The zero-order valence-electron chi connectivity index (χ0n) is 28.6. The van der Waals surface area contributed by atoms with Crippen molar-refractivity contribution in [2.24, 2.45) is 12.9 Å². The van der Waals surface area contributed by atoms with E-state index in [4.69, 9.17) is 39.2 Å². The summed E-state index contributed by atoms with van der Waals surface area (Å²) in [6, 6.07) is 7.26. The number of hydrogen-bond donors (Lipinski definition) is 4. The standard InChI is InChI=1S/C36H38Cl2N8O4/c1-17-12-22(13-18(2)30(17)38)50-11-7-8-23-24-9-10-25(37)29(28(20(4)39)21(5)43-40)32(24)46-19(3)15-45(35(47)33(23)46)27-16-44(6)34-31(27)42-26(14-41-34)36(48)49/h9-10,12-14,16,19,39,43H,7-8,11,15,40H2,1-6H3,(H,48,49)/b28-21+,39-20?/t19-/m1/s1. The fourth-order valence-electron chi connectivity index (χ4n) is 6.95. The number of carboxylic acids is 1. The summed E-state index contributed by atoms with van der Waals surface area (Å²) in [5.74, 6) is 5.10. The van der Waals surface area contributed by atoms with Gasteiger partial charge in [0.05, 0.1) is 29.0 Å². The number of fused-ring (bicyclic) bond motifs is 4. The molecule has 0 unspecified atom stereocenters. The average Bonchev–Trinajstić information content (AvgIpc) is 3.58. The van der Waals surface area contributed by atoms with Crippen LogP contribution in [-0.2, 0) is 13.5 Å². The number of carbonyl (C=O) groups excluding carboxylic acids is 1. The van der Waals surface area contributed by atoms with Crippen LogP contribution in [0, 0.1) is 19.3 Å². The van der Waals surface area contributed by atoms with Crippen molar-refractivity contribution in [3.63, 3.8) is 0 Å². The number of ether oxygens (including phenoxy) is 1. The molecule has 260 valence electrons. The number of amides is 1. The number of nitrogens with two attached hydrogens (primary N) is 1. The Morgan fingerprint density at radius 1 is 1.20 bits per heavy atom. The number of allylic oxidation sites excluding steroid dienone is 2. The number of rotatable bonds is 10. The first-order valence-corrected chi connectivity index (χ1v) is 16.9. The lowest BCUT2D eigenvalue weighted by Crippen LogP contribution is -2.42. The Kier molecular flexibility index (Phi) is 9.38. The highest BCUT2D eigenvalue weighted by Crippen LogP contribution is 2.43. The number of aromatic nitrogens is 4. The number of carboxylic acid groups (broad SMARTS) is 1. The first-order chi connectivity index (χ1) is 23.7. The van der Waals surface area contributed by atoms with E-state index in [0.29, 0.717) is 68.9 Å². The van der Waals surface area contributed by atoms with E-state index in [2.05, 4.69) is 15.4 Å². The van der Waals surface area contributed by atoms with E-state index in [1.165, 1.54) is 6.20 Å². The number of nitrogens with zero attached hydrogens (tertiary/aromatic N) is 5. The van der Waals surface area contributed by atoms with Crippen molar-refractivity contribution in [2.75, 3.05) is 18.1 Å². The lowest BCUT2D eigenvalue weighted by Gasteiger charge is -2.34. The first kappa shape index (κ1) is 34.9. The molecule has 14 heteroatoms. The molecule has 0 aliphatic carbocycles. The topological polar surface area (TPSA) is 164 Å². The number of aryl methyl sites for hydroxylation is 4. The molecule has 0 saturated heterocycles. The van der Waals surface area contributed by atoms with Crippen LogP contribution in [0.4, 0.5) is 5.69 Å². The van der Waals surface area contributed by atoms with Crippen molar-refractivity contribution in [1.82, 2.24) is 24.5 Å². The predicted molar refractivity (Wildman–Crippen MR) is 197 cm³/mol. The molecule has 2 aromatic carbocycles. The largest absolute Gasteiger partial charge is 0.494 e. The maximum Gasteiger partial charge on any atom is 0.356 e. The van der Waals surface area contributed by atoms with Crippen LogP contribution in [0.3, 0.4) is 0 Å². The third-order valence-corrected chi connectivity index (χ3v) is 10.1. The van der Waals surface area contributed by atoms with Crippen molar-refractivity contribution >= 4 is 74.1 Å². The summed E-state index contributed by atoms with van der Waals surface area (Å²) in [7, 11) is 1.78.